The van der Waals surface area contributed by atoms with Gasteiger partial charge in [0, 0.05) is 6.42 Å². The highest BCUT2D eigenvalue weighted by Crippen LogP contribution is 2.07. The Balaban J connectivity index is 5.58. The van der Waals surface area contributed by atoms with Crippen LogP contribution >= 0.6 is 0 Å². The number of nitrogens with two attached hydrogens (primary N) is 3. The lowest BCUT2D eigenvalue weighted by Crippen LogP contribution is -2.58. The van der Waals surface area contributed by atoms with E-state index in [1.165, 1.54) is 0 Å². The number of nitrogens with one attached hydrogen (secondary N) is 3. The minimum Gasteiger partial charge on any atom is -0.481 e. The van der Waals surface area contributed by atoms with Crippen molar-refractivity contribution in [1.29, 1.82) is 0 Å². The third-order valence-corrected chi connectivity index (χ3v) is 4.90. The van der Waals surface area contributed by atoms with E-state index in [2.05, 4.69) is 10.6 Å². The Labute approximate surface area is 195 Å². The molecular formula is C19H32N6O9. The highest BCUT2D eigenvalue weighted by Gasteiger charge is 2.32. The molecule has 0 heterocycles. The molecule has 5 unspecified atom stereocenters. The van der Waals surface area contributed by atoms with Gasteiger partial charge in [-0.3, -0.25) is 28.8 Å². The van der Waals surface area contributed by atoms with E-state index in [0.717, 1.165) is 0 Å². The SMILES string of the molecule is CCC(C)C(N)C(=O)NC(CC(N)=O)C(=O)NC(CC(=O)O)C(=O)NC(CCC(N)=O)C(=O)O. The van der Waals surface area contributed by atoms with Gasteiger partial charge in [-0.15, -0.1) is 0 Å². The van der Waals surface area contributed by atoms with Crippen LogP contribution in [0.5, 0.6) is 0 Å². The number of hydrogen-bond acceptors (Lipinski definition) is 8. The molecule has 11 N–H and O–H groups in total. The predicted molar refractivity (Wildman–Crippen MR) is 115 cm³/mol. The van der Waals surface area contributed by atoms with Gasteiger partial charge in [0.05, 0.1) is 18.9 Å². The Morgan fingerprint density at radius 2 is 1.24 bits per heavy atom. The van der Waals surface area contributed by atoms with Crippen LogP contribution in [-0.2, 0) is 33.6 Å². The van der Waals surface area contributed by atoms with Crippen LogP contribution in [0.2, 0.25) is 0 Å². The third-order valence-electron chi connectivity index (χ3n) is 4.90. The van der Waals surface area contributed by atoms with Crippen molar-refractivity contribution in [1.82, 2.24) is 16.0 Å². The number of hydrogen-bond donors (Lipinski definition) is 8. The first kappa shape index (κ1) is 30.2. The van der Waals surface area contributed by atoms with Crippen LogP contribution in [0.25, 0.3) is 0 Å². The highest BCUT2D eigenvalue weighted by molar-refractivity contribution is 5.97. The molecule has 192 valence electrons. The molecule has 0 aromatic rings. The summed E-state index contributed by atoms with van der Waals surface area (Å²) in [5.41, 5.74) is 15.9. The fourth-order valence-electron chi connectivity index (χ4n) is 2.66. The average molecular weight is 488 g/mol. The molecule has 0 aromatic carbocycles. The molecule has 0 rings (SSSR count). The maximum Gasteiger partial charge on any atom is 0.326 e. The molecule has 0 aliphatic carbocycles. The molecule has 15 heteroatoms. The molecule has 0 bridgehead atoms. The summed E-state index contributed by atoms with van der Waals surface area (Å²) in [5.74, 6) is -8.18. The Morgan fingerprint density at radius 3 is 1.65 bits per heavy atom. The molecule has 0 saturated carbocycles. The summed E-state index contributed by atoms with van der Waals surface area (Å²) in [6.45, 7) is 3.48. The molecule has 34 heavy (non-hydrogen) atoms. The van der Waals surface area contributed by atoms with Crippen LogP contribution in [0.4, 0.5) is 0 Å². The van der Waals surface area contributed by atoms with Crippen molar-refractivity contribution in [2.24, 2.45) is 23.1 Å². The summed E-state index contributed by atoms with van der Waals surface area (Å²) in [4.78, 5) is 82.3. The quantitative estimate of drug-likeness (QED) is 0.106. The van der Waals surface area contributed by atoms with Gasteiger partial charge in [-0.2, -0.15) is 0 Å². The zero-order valence-corrected chi connectivity index (χ0v) is 18.9. The Kier molecular flexibility index (Phi) is 12.8. The lowest BCUT2D eigenvalue weighted by molar-refractivity contribution is -0.144. The molecule has 0 saturated heterocycles. The molecule has 5 atom stereocenters. The first-order valence-electron chi connectivity index (χ1n) is 10.4. The lowest BCUT2D eigenvalue weighted by Gasteiger charge is -2.25. The molecule has 0 aliphatic rings. The Hall–Kier alpha value is -3.75. The molecule has 0 spiro atoms. The van der Waals surface area contributed by atoms with Crippen molar-refractivity contribution < 1.29 is 43.8 Å². The lowest BCUT2D eigenvalue weighted by atomic mass is 9.99. The van der Waals surface area contributed by atoms with Crippen molar-refractivity contribution >= 4 is 41.5 Å². The van der Waals surface area contributed by atoms with Crippen molar-refractivity contribution in [3.05, 3.63) is 0 Å². The smallest absolute Gasteiger partial charge is 0.326 e. The van der Waals surface area contributed by atoms with E-state index >= 15 is 0 Å². The third kappa shape index (κ3) is 11.2. The Bertz CT molecular complexity index is 803. The van der Waals surface area contributed by atoms with Crippen LogP contribution in [0.1, 0.15) is 46.0 Å². The number of carboxylic acids is 2. The number of carbonyl (C=O) groups excluding carboxylic acids is 5. The molecule has 15 nitrogen and oxygen atoms in total. The topological polar surface area (TPSA) is 274 Å². The number of carboxylic acid groups (broad SMARTS) is 2. The standard InChI is InChI=1S/C19H32N6O9/c1-3-8(2)15(22)18(32)25-10(6-13(21)27)16(30)24-11(7-14(28)29)17(31)23-9(19(33)34)4-5-12(20)26/h8-11,15H,3-7,22H2,1-2H3,(H2,20,26)(H2,21,27)(H,23,31)(H,24,30)(H,25,32)(H,28,29)(H,33,34). The van der Waals surface area contributed by atoms with Crippen LogP contribution in [0, 0.1) is 5.92 Å². The van der Waals surface area contributed by atoms with E-state index in [0.29, 0.717) is 6.42 Å². The largest absolute Gasteiger partial charge is 0.481 e. The number of aliphatic carboxylic acids is 2. The van der Waals surface area contributed by atoms with Gasteiger partial charge in [-0.25, -0.2) is 4.79 Å². The molecule has 0 aliphatic heterocycles. The number of amides is 5. The van der Waals surface area contributed by atoms with E-state index < -0.39 is 78.5 Å². The van der Waals surface area contributed by atoms with Gasteiger partial charge >= 0.3 is 11.9 Å². The van der Waals surface area contributed by atoms with E-state index in [1.54, 1.807) is 13.8 Å². The van der Waals surface area contributed by atoms with E-state index in [-0.39, 0.29) is 18.8 Å². The molecule has 0 aromatic heterocycles. The minimum absolute atomic E-state index is 0.267. The summed E-state index contributed by atoms with van der Waals surface area (Å²) in [5, 5.41) is 24.6. The van der Waals surface area contributed by atoms with Gasteiger partial charge in [0.2, 0.25) is 29.5 Å². The molecular weight excluding hydrogens is 456 g/mol. The second kappa shape index (κ2) is 14.4. The van der Waals surface area contributed by atoms with Gasteiger partial charge < -0.3 is 43.4 Å². The van der Waals surface area contributed by atoms with Gasteiger partial charge in [-0.05, 0) is 12.3 Å². The monoisotopic (exact) mass is 488 g/mol. The van der Waals surface area contributed by atoms with Crippen molar-refractivity contribution in [3.63, 3.8) is 0 Å². The maximum atomic E-state index is 12.7. The van der Waals surface area contributed by atoms with Crippen LogP contribution in [0.15, 0.2) is 0 Å². The highest BCUT2D eigenvalue weighted by atomic mass is 16.4. The van der Waals surface area contributed by atoms with Gasteiger partial charge in [0.15, 0.2) is 0 Å². The Morgan fingerprint density at radius 1 is 0.765 bits per heavy atom. The van der Waals surface area contributed by atoms with Gasteiger partial charge in [-0.1, -0.05) is 20.3 Å². The van der Waals surface area contributed by atoms with Crippen molar-refractivity contribution in [2.45, 2.75) is 70.1 Å². The van der Waals surface area contributed by atoms with Crippen molar-refractivity contribution in [3.8, 4) is 0 Å². The average Bonchev–Trinajstić information content (AvgIpc) is 2.73. The number of rotatable bonds is 16. The van der Waals surface area contributed by atoms with E-state index in [9.17, 15) is 38.7 Å². The summed E-state index contributed by atoms with van der Waals surface area (Å²) in [7, 11) is 0. The van der Waals surface area contributed by atoms with Crippen molar-refractivity contribution in [2.75, 3.05) is 0 Å². The normalized spacial score (nSPS) is 15.0. The summed E-state index contributed by atoms with van der Waals surface area (Å²) in [6, 6.07) is -5.97. The summed E-state index contributed by atoms with van der Waals surface area (Å²) >= 11 is 0. The zero-order chi connectivity index (χ0) is 26.6. The minimum atomic E-state index is -1.78. The van der Waals surface area contributed by atoms with E-state index in [1.807, 2.05) is 5.32 Å². The first-order valence-corrected chi connectivity index (χ1v) is 10.4. The van der Waals surface area contributed by atoms with Gasteiger partial charge in [0.1, 0.15) is 18.1 Å². The predicted octanol–water partition coefficient (Wildman–Crippen LogP) is -3.49. The summed E-state index contributed by atoms with van der Waals surface area (Å²) < 4.78 is 0. The zero-order valence-electron chi connectivity index (χ0n) is 18.9. The van der Waals surface area contributed by atoms with Crippen LogP contribution in [-0.4, -0.2) is 75.9 Å². The fraction of sp³-hybridized carbons (Fsp3) is 0.632. The van der Waals surface area contributed by atoms with Crippen LogP contribution in [0.3, 0.4) is 0 Å². The van der Waals surface area contributed by atoms with Gasteiger partial charge in [0.25, 0.3) is 0 Å². The van der Waals surface area contributed by atoms with E-state index in [4.69, 9.17) is 22.3 Å². The number of primary amides is 2. The maximum absolute atomic E-state index is 12.7. The molecule has 0 radical (unpaired) electrons. The molecule has 5 amide bonds. The summed E-state index contributed by atoms with van der Waals surface area (Å²) in [6.07, 6.45) is -1.84. The second-order valence-corrected chi connectivity index (χ2v) is 7.71. The number of carbonyl (C=O) groups is 7. The fourth-order valence-corrected chi connectivity index (χ4v) is 2.66. The first-order chi connectivity index (χ1) is 15.7. The molecule has 0 fully saturated rings. The second-order valence-electron chi connectivity index (χ2n) is 7.71. The van der Waals surface area contributed by atoms with Crippen LogP contribution < -0.4 is 33.2 Å².